The second kappa shape index (κ2) is 8.10. The van der Waals surface area contributed by atoms with Crippen LogP contribution in [0, 0.1) is 0 Å². The number of hydrogen-bond acceptors (Lipinski definition) is 4. The van der Waals surface area contributed by atoms with Gasteiger partial charge in [0, 0.05) is 13.0 Å². The maximum absolute atomic E-state index is 12.8. The van der Waals surface area contributed by atoms with Crippen LogP contribution in [-0.4, -0.2) is 31.6 Å². The molecular weight excluding hydrogens is 318 g/mol. The van der Waals surface area contributed by atoms with Gasteiger partial charge < -0.3 is 18.8 Å². The number of methoxy groups -OCH3 is 2. The molecule has 1 aromatic heterocycles. The van der Waals surface area contributed by atoms with E-state index in [4.69, 9.17) is 13.9 Å². The molecule has 0 N–H and O–H groups in total. The number of benzene rings is 1. The topological polar surface area (TPSA) is 51.9 Å². The van der Waals surface area contributed by atoms with Crippen LogP contribution in [0.4, 0.5) is 0 Å². The summed E-state index contributed by atoms with van der Waals surface area (Å²) in [5.41, 5.74) is 0.988. The van der Waals surface area contributed by atoms with Gasteiger partial charge in [0.15, 0.2) is 0 Å². The van der Waals surface area contributed by atoms with Gasteiger partial charge in [0.05, 0.1) is 26.5 Å². The van der Waals surface area contributed by atoms with E-state index in [1.165, 1.54) is 0 Å². The third kappa shape index (κ3) is 3.98. The molecule has 25 heavy (non-hydrogen) atoms. The van der Waals surface area contributed by atoms with E-state index in [-0.39, 0.29) is 11.9 Å². The third-order valence-corrected chi connectivity index (χ3v) is 4.79. The highest BCUT2D eigenvalue weighted by molar-refractivity contribution is 5.77. The molecule has 1 unspecified atom stereocenters. The van der Waals surface area contributed by atoms with Crippen LogP contribution in [0.15, 0.2) is 41.0 Å². The SMILES string of the molecule is COc1ccc(OC)c(CCC(=O)N2CCCCC2c2ccco2)c1. The minimum atomic E-state index is 0.0588. The zero-order valence-electron chi connectivity index (χ0n) is 14.9. The van der Waals surface area contributed by atoms with Gasteiger partial charge >= 0.3 is 0 Å². The lowest BCUT2D eigenvalue weighted by atomic mass is 9.98. The monoisotopic (exact) mass is 343 g/mol. The summed E-state index contributed by atoms with van der Waals surface area (Å²) in [6, 6.07) is 9.58. The number of hydrogen-bond donors (Lipinski definition) is 0. The van der Waals surface area contributed by atoms with Gasteiger partial charge in [-0.3, -0.25) is 4.79 Å². The Labute approximate surface area is 148 Å². The van der Waals surface area contributed by atoms with E-state index in [0.29, 0.717) is 12.8 Å². The Kier molecular flexibility index (Phi) is 5.64. The van der Waals surface area contributed by atoms with E-state index in [0.717, 1.165) is 48.6 Å². The molecular formula is C20H25NO4. The first kappa shape index (κ1) is 17.4. The number of likely N-dealkylation sites (tertiary alicyclic amines) is 1. The van der Waals surface area contributed by atoms with Crippen LogP contribution < -0.4 is 9.47 Å². The molecule has 2 aromatic rings. The molecule has 1 amide bonds. The first-order valence-electron chi connectivity index (χ1n) is 8.76. The third-order valence-electron chi connectivity index (χ3n) is 4.79. The van der Waals surface area contributed by atoms with Crippen LogP contribution in [-0.2, 0) is 11.2 Å². The molecule has 0 bridgehead atoms. The number of rotatable bonds is 6. The van der Waals surface area contributed by atoms with Crippen LogP contribution in [0.1, 0.15) is 43.0 Å². The molecule has 0 spiro atoms. The van der Waals surface area contributed by atoms with Crippen molar-refractivity contribution in [2.45, 2.75) is 38.1 Å². The molecule has 5 nitrogen and oxygen atoms in total. The fourth-order valence-electron chi connectivity index (χ4n) is 3.47. The fraction of sp³-hybridized carbons (Fsp3) is 0.450. The molecule has 0 saturated carbocycles. The van der Waals surface area contributed by atoms with Gasteiger partial charge in [-0.25, -0.2) is 0 Å². The number of carbonyl (C=O) groups excluding carboxylic acids is 1. The van der Waals surface area contributed by atoms with Crippen molar-refractivity contribution in [2.75, 3.05) is 20.8 Å². The summed E-state index contributed by atoms with van der Waals surface area (Å²) in [7, 11) is 3.28. The number of ether oxygens (including phenoxy) is 2. The second-order valence-electron chi connectivity index (χ2n) is 6.29. The van der Waals surface area contributed by atoms with E-state index < -0.39 is 0 Å². The highest BCUT2D eigenvalue weighted by Gasteiger charge is 2.29. The predicted octanol–water partition coefficient (Wildman–Crippen LogP) is 3.98. The van der Waals surface area contributed by atoms with E-state index >= 15 is 0 Å². The van der Waals surface area contributed by atoms with E-state index in [2.05, 4.69) is 0 Å². The van der Waals surface area contributed by atoms with Gasteiger partial charge in [0.25, 0.3) is 0 Å². The Morgan fingerprint density at radius 2 is 2.12 bits per heavy atom. The standard InChI is InChI=1S/C20H25NO4/c1-23-16-9-10-18(24-2)15(14-16)8-11-20(22)21-12-4-3-6-17(21)19-7-5-13-25-19/h5,7,9-10,13-14,17H,3-4,6,8,11-12H2,1-2H3. The largest absolute Gasteiger partial charge is 0.497 e. The zero-order chi connectivity index (χ0) is 17.6. The minimum absolute atomic E-state index is 0.0588. The average Bonchev–Trinajstić information content (AvgIpc) is 3.20. The molecule has 1 aliphatic rings. The molecule has 5 heteroatoms. The highest BCUT2D eigenvalue weighted by Crippen LogP contribution is 2.32. The van der Waals surface area contributed by atoms with Crippen molar-refractivity contribution in [2.24, 2.45) is 0 Å². The molecule has 1 saturated heterocycles. The predicted molar refractivity (Wildman–Crippen MR) is 94.9 cm³/mol. The van der Waals surface area contributed by atoms with Gasteiger partial charge in [0.2, 0.25) is 5.91 Å². The molecule has 3 rings (SSSR count). The number of amides is 1. The van der Waals surface area contributed by atoms with Gasteiger partial charge in [-0.15, -0.1) is 0 Å². The number of carbonyl (C=O) groups is 1. The van der Waals surface area contributed by atoms with Gasteiger partial charge in [-0.2, -0.15) is 0 Å². The number of aryl methyl sites for hydroxylation is 1. The van der Waals surface area contributed by atoms with Crippen molar-refractivity contribution in [3.05, 3.63) is 47.9 Å². The Morgan fingerprint density at radius 3 is 2.84 bits per heavy atom. The highest BCUT2D eigenvalue weighted by atomic mass is 16.5. The maximum atomic E-state index is 12.8. The molecule has 134 valence electrons. The molecule has 1 atom stereocenters. The number of nitrogens with zero attached hydrogens (tertiary/aromatic N) is 1. The van der Waals surface area contributed by atoms with Crippen LogP contribution in [0.25, 0.3) is 0 Å². The van der Waals surface area contributed by atoms with E-state index in [9.17, 15) is 4.79 Å². The molecule has 1 fully saturated rings. The summed E-state index contributed by atoms with van der Waals surface area (Å²) < 4.78 is 16.2. The molecule has 0 radical (unpaired) electrons. The molecule has 1 aliphatic heterocycles. The number of piperidine rings is 1. The lowest BCUT2D eigenvalue weighted by Gasteiger charge is -2.34. The average molecular weight is 343 g/mol. The Morgan fingerprint density at radius 1 is 1.24 bits per heavy atom. The quantitative estimate of drug-likeness (QED) is 0.796. The summed E-state index contributed by atoms with van der Waals surface area (Å²) in [5, 5.41) is 0. The maximum Gasteiger partial charge on any atom is 0.223 e. The minimum Gasteiger partial charge on any atom is -0.497 e. The first-order valence-corrected chi connectivity index (χ1v) is 8.76. The van der Waals surface area contributed by atoms with Crippen LogP contribution >= 0.6 is 0 Å². The van der Waals surface area contributed by atoms with Crippen LogP contribution in [0.5, 0.6) is 11.5 Å². The van der Waals surface area contributed by atoms with Gasteiger partial charge in [0.1, 0.15) is 17.3 Å². The van der Waals surface area contributed by atoms with E-state index in [1.54, 1.807) is 20.5 Å². The zero-order valence-corrected chi connectivity index (χ0v) is 14.9. The van der Waals surface area contributed by atoms with Gasteiger partial charge in [-0.05, 0) is 61.6 Å². The van der Waals surface area contributed by atoms with Crippen molar-refractivity contribution in [1.29, 1.82) is 0 Å². The number of furan rings is 1. The van der Waals surface area contributed by atoms with Crippen molar-refractivity contribution in [3.8, 4) is 11.5 Å². The summed E-state index contributed by atoms with van der Waals surface area (Å²) >= 11 is 0. The normalized spacial score (nSPS) is 17.4. The fourth-order valence-corrected chi connectivity index (χ4v) is 3.47. The van der Waals surface area contributed by atoms with Crippen molar-refractivity contribution in [3.63, 3.8) is 0 Å². The Bertz CT molecular complexity index is 696. The lowest BCUT2D eigenvalue weighted by molar-refractivity contribution is -0.135. The van der Waals surface area contributed by atoms with Gasteiger partial charge in [-0.1, -0.05) is 0 Å². The second-order valence-corrected chi connectivity index (χ2v) is 6.29. The summed E-state index contributed by atoms with van der Waals surface area (Å²) in [4.78, 5) is 14.8. The van der Waals surface area contributed by atoms with Crippen molar-refractivity contribution >= 4 is 5.91 Å². The summed E-state index contributed by atoms with van der Waals surface area (Å²) in [6.45, 7) is 0.791. The van der Waals surface area contributed by atoms with Crippen molar-refractivity contribution in [1.82, 2.24) is 4.90 Å². The molecule has 2 heterocycles. The van der Waals surface area contributed by atoms with Crippen molar-refractivity contribution < 1.29 is 18.7 Å². The molecule has 0 aliphatic carbocycles. The van der Waals surface area contributed by atoms with E-state index in [1.807, 2.05) is 35.2 Å². The molecule has 1 aromatic carbocycles. The summed E-state index contributed by atoms with van der Waals surface area (Å²) in [6.07, 6.45) is 5.88. The smallest absolute Gasteiger partial charge is 0.223 e. The Balaban J connectivity index is 1.69. The lowest BCUT2D eigenvalue weighted by Crippen LogP contribution is -2.38. The van der Waals surface area contributed by atoms with Crippen LogP contribution in [0.3, 0.4) is 0 Å². The first-order chi connectivity index (χ1) is 12.2. The van der Waals surface area contributed by atoms with Crippen LogP contribution in [0.2, 0.25) is 0 Å². The summed E-state index contributed by atoms with van der Waals surface area (Å²) in [5.74, 6) is 2.60. The Hall–Kier alpha value is -2.43.